The van der Waals surface area contributed by atoms with Crippen LogP contribution >= 0.6 is 11.8 Å². The highest BCUT2D eigenvalue weighted by Gasteiger charge is 2.06. The van der Waals surface area contributed by atoms with Crippen molar-refractivity contribution >= 4 is 28.5 Å². The lowest BCUT2D eigenvalue weighted by Crippen LogP contribution is -1.98. The number of rotatable bonds is 4. The smallest absolute Gasteiger partial charge is 0.313 e. The maximum Gasteiger partial charge on any atom is 0.313 e. The summed E-state index contributed by atoms with van der Waals surface area (Å²) in [7, 11) is 1.61. The van der Waals surface area contributed by atoms with Gasteiger partial charge in [0.15, 0.2) is 0 Å². The number of carbonyl (C=O) groups is 1. The molecule has 88 valence electrons. The first-order valence-corrected chi connectivity index (χ1v) is 5.96. The maximum absolute atomic E-state index is 10.5. The Morgan fingerprint density at radius 1 is 1.47 bits per heavy atom. The number of ether oxygens (including phenoxy) is 1. The van der Waals surface area contributed by atoms with Gasteiger partial charge in [0.05, 0.1) is 12.9 Å². The molecule has 0 bridgehead atoms. The summed E-state index contributed by atoms with van der Waals surface area (Å²) in [5.41, 5.74) is 0. The number of fused-ring (bicyclic) bond motifs is 1. The summed E-state index contributed by atoms with van der Waals surface area (Å²) in [6.45, 7) is 0. The number of methoxy groups -OCH3 is 1. The molecule has 0 fully saturated rings. The average Bonchev–Trinajstić information content (AvgIpc) is 2.35. The molecule has 2 rings (SSSR count). The Balaban J connectivity index is 2.39. The number of thioether (sulfide) groups is 1. The molecule has 0 aliphatic carbocycles. The number of pyridine rings is 1. The maximum atomic E-state index is 10.5. The number of carboxylic acid groups (broad SMARTS) is 1. The van der Waals surface area contributed by atoms with Gasteiger partial charge in [-0.15, -0.1) is 0 Å². The van der Waals surface area contributed by atoms with Crippen LogP contribution in [0.1, 0.15) is 0 Å². The SMILES string of the molecule is COc1ccc2c(SCC(=O)O)nccc2c1. The van der Waals surface area contributed by atoms with Crippen LogP contribution in [0.4, 0.5) is 0 Å². The van der Waals surface area contributed by atoms with Crippen molar-refractivity contribution in [1.29, 1.82) is 0 Å². The molecule has 5 heteroatoms. The molecule has 0 amide bonds. The second-order valence-electron chi connectivity index (χ2n) is 3.39. The molecular formula is C12H11NO3S. The van der Waals surface area contributed by atoms with Crippen molar-refractivity contribution in [1.82, 2.24) is 4.98 Å². The summed E-state index contributed by atoms with van der Waals surface area (Å²) in [5.74, 6) is -0.0572. The van der Waals surface area contributed by atoms with Crippen LogP contribution in [0.3, 0.4) is 0 Å². The van der Waals surface area contributed by atoms with Gasteiger partial charge < -0.3 is 9.84 Å². The number of hydrogen-bond donors (Lipinski definition) is 1. The lowest BCUT2D eigenvalue weighted by molar-refractivity contribution is -0.133. The molecule has 17 heavy (non-hydrogen) atoms. The molecule has 0 aliphatic rings. The summed E-state index contributed by atoms with van der Waals surface area (Å²) in [4.78, 5) is 14.7. The summed E-state index contributed by atoms with van der Waals surface area (Å²) in [6, 6.07) is 7.52. The Hall–Kier alpha value is -1.75. The third kappa shape index (κ3) is 2.68. The van der Waals surface area contributed by atoms with E-state index in [0.29, 0.717) is 0 Å². The molecule has 1 heterocycles. The largest absolute Gasteiger partial charge is 0.497 e. The molecule has 0 unspecified atom stereocenters. The monoisotopic (exact) mass is 249 g/mol. The molecule has 0 atom stereocenters. The Bertz CT molecular complexity index is 556. The standard InChI is InChI=1S/C12H11NO3S/c1-16-9-2-3-10-8(6-9)4-5-13-12(10)17-7-11(14)15/h2-6H,7H2,1H3,(H,14,15). The van der Waals surface area contributed by atoms with Gasteiger partial charge in [-0.25, -0.2) is 4.98 Å². The first-order chi connectivity index (χ1) is 8.20. The molecule has 0 radical (unpaired) electrons. The first kappa shape index (κ1) is 11.7. The van der Waals surface area contributed by atoms with Crippen LogP contribution in [0, 0.1) is 0 Å². The van der Waals surface area contributed by atoms with E-state index in [2.05, 4.69) is 4.98 Å². The fourth-order valence-electron chi connectivity index (χ4n) is 1.50. The molecule has 0 saturated heterocycles. The minimum Gasteiger partial charge on any atom is -0.497 e. The van der Waals surface area contributed by atoms with Crippen molar-refractivity contribution in [3.8, 4) is 5.75 Å². The highest BCUT2D eigenvalue weighted by molar-refractivity contribution is 8.00. The van der Waals surface area contributed by atoms with E-state index in [0.717, 1.165) is 21.5 Å². The van der Waals surface area contributed by atoms with Gasteiger partial charge in [0.1, 0.15) is 10.8 Å². The van der Waals surface area contributed by atoms with Gasteiger partial charge in [0, 0.05) is 11.6 Å². The number of aliphatic carboxylic acids is 1. The highest BCUT2D eigenvalue weighted by Crippen LogP contribution is 2.28. The molecule has 1 aromatic heterocycles. The molecular weight excluding hydrogens is 238 g/mol. The van der Waals surface area contributed by atoms with E-state index in [1.807, 2.05) is 24.3 Å². The Kier molecular flexibility index (Phi) is 3.49. The van der Waals surface area contributed by atoms with Crippen LogP contribution in [-0.2, 0) is 4.79 Å². The molecule has 1 aromatic carbocycles. The van der Waals surface area contributed by atoms with Crippen molar-refractivity contribution in [3.05, 3.63) is 30.5 Å². The number of carboxylic acids is 1. The second-order valence-corrected chi connectivity index (χ2v) is 4.35. The fourth-order valence-corrected chi connectivity index (χ4v) is 2.24. The lowest BCUT2D eigenvalue weighted by atomic mass is 10.2. The summed E-state index contributed by atoms with van der Waals surface area (Å²) in [5, 5.41) is 11.3. The quantitative estimate of drug-likeness (QED) is 0.843. The van der Waals surface area contributed by atoms with E-state index < -0.39 is 5.97 Å². The van der Waals surface area contributed by atoms with Gasteiger partial charge in [-0.1, -0.05) is 11.8 Å². The number of aromatic nitrogens is 1. The Labute approximate surface area is 103 Å². The first-order valence-electron chi connectivity index (χ1n) is 4.98. The topological polar surface area (TPSA) is 59.4 Å². The normalized spacial score (nSPS) is 10.4. The van der Waals surface area contributed by atoms with Crippen LogP contribution in [-0.4, -0.2) is 28.9 Å². The van der Waals surface area contributed by atoms with Gasteiger partial charge in [-0.3, -0.25) is 4.79 Å². The van der Waals surface area contributed by atoms with Crippen molar-refractivity contribution in [3.63, 3.8) is 0 Å². The van der Waals surface area contributed by atoms with Gasteiger partial charge in [0.2, 0.25) is 0 Å². The van der Waals surface area contributed by atoms with Crippen LogP contribution in [0.2, 0.25) is 0 Å². The Morgan fingerprint density at radius 2 is 2.29 bits per heavy atom. The average molecular weight is 249 g/mol. The number of nitrogens with zero attached hydrogens (tertiary/aromatic N) is 1. The van der Waals surface area contributed by atoms with Gasteiger partial charge in [-0.05, 0) is 29.7 Å². The summed E-state index contributed by atoms with van der Waals surface area (Å²) < 4.78 is 5.14. The van der Waals surface area contributed by atoms with Gasteiger partial charge in [0.25, 0.3) is 0 Å². The van der Waals surface area contributed by atoms with Gasteiger partial charge in [-0.2, -0.15) is 0 Å². The minimum atomic E-state index is -0.845. The van der Waals surface area contributed by atoms with Crippen LogP contribution in [0.15, 0.2) is 35.5 Å². The predicted molar refractivity (Wildman–Crippen MR) is 66.7 cm³/mol. The van der Waals surface area contributed by atoms with Crippen LogP contribution < -0.4 is 4.74 Å². The fraction of sp³-hybridized carbons (Fsp3) is 0.167. The molecule has 0 saturated carbocycles. The second kappa shape index (κ2) is 5.05. The summed E-state index contributed by atoms with van der Waals surface area (Å²) in [6.07, 6.45) is 1.67. The van der Waals surface area contributed by atoms with E-state index in [9.17, 15) is 4.79 Å². The zero-order valence-electron chi connectivity index (χ0n) is 9.21. The molecule has 1 N–H and O–H groups in total. The molecule has 2 aromatic rings. The zero-order chi connectivity index (χ0) is 12.3. The van der Waals surface area contributed by atoms with E-state index >= 15 is 0 Å². The van der Waals surface area contributed by atoms with Crippen molar-refractivity contribution in [2.45, 2.75) is 5.03 Å². The van der Waals surface area contributed by atoms with Gasteiger partial charge >= 0.3 is 5.97 Å². The van der Waals surface area contributed by atoms with E-state index in [1.165, 1.54) is 11.8 Å². The predicted octanol–water partition coefficient (Wildman–Crippen LogP) is 2.42. The van der Waals surface area contributed by atoms with Crippen molar-refractivity contribution < 1.29 is 14.6 Å². The van der Waals surface area contributed by atoms with Crippen molar-refractivity contribution in [2.24, 2.45) is 0 Å². The molecule has 0 spiro atoms. The van der Waals surface area contributed by atoms with E-state index in [1.54, 1.807) is 13.3 Å². The number of benzene rings is 1. The molecule has 0 aliphatic heterocycles. The highest BCUT2D eigenvalue weighted by atomic mass is 32.2. The summed E-state index contributed by atoms with van der Waals surface area (Å²) >= 11 is 1.22. The van der Waals surface area contributed by atoms with Crippen LogP contribution in [0.25, 0.3) is 10.8 Å². The van der Waals surface area contributed by atoms with Crippen molar-refractivity contribution in [2.75, 3.05) is 12.9 Å². The Morgan fingerprint density at radius 3 is 3.00 bits per heavy atom. The van der Waals surface area contributed by atoms with E-state index in [-0.39, 0.29) is 5.75 Å². The minimum absolute atomic E-state index is 0.0120. The lowest BCUT2D eigenvalue weighted by Gasteiger charge is -2.05. The third-order valence-corrected chi connectivity index (χ3v) is 3.26. The third-order valence-electron chi connectivity index (χ3n) is 2.27. The zero-order valence-corrected chi connectivity index (χ0v) is 10.0. The molecule has 4 nitrogen and oxygen atoms in total. The number of hydrogen-bond acceptors (Lipinski definition) is 4. The van der Waals surface area contributed by atoms with E-state index in [4.69, 9.17) is 9.84 Å². The van der Waals surface area contributed by atoms with Crippen LogP contribution in [0.5, 0.6) is 5.75 Å².